The van der Waals surface area contributed by atoms with Gasteiger partial charge in [0, 0.05) is 18.9 Å². The highest BCUT2D eigenvalue weighted by Crippen LogP contribution is 2.44. The molecule has 0 bridgehead atoms. The summed E-state index contributed by atoms with van der Waals surface area (Å²) >= 11 is 0. The number of benzene rings is 1. The van der Waals surface area contributed by atoms with Gasteiger partial charge in [0.05, 0.1) is 12.1 Å². The van der Waals surface area contributed by atoms with Crippen molar-refractivity contribution in [1.82, 2.24) is 15.8 Å². The molecule has 3 heteroatoms. The molecule has 0 spiro atoms. The van der Waals surface area contributed by atoms with Gasteiger partial charge in [-0.05, 0) is 59.1 Å². The molecule has 1 aromatic rings. The van der Waals surface area contributed by atoms with Crippen LogP contribution in [0.5, 0.6) is 0 Å². The van der Waals surface area contributed by atoms with E-state index in [4.69, 9.17) is 0 Å². The molecule has 0 amide bonds. The van der Waals surface area contributed by atoms with E-state index in [9.17, 15) is 0 Å². The van der Waals surface area contributed by atoms with Crippen molar-refractivity contribution in [3.8, 4) is 0 Å². The second-order valence-electron chi connectivity index (χ2n) is 8.73. The Balaban J connectivity index is 1.60. The fourth-order valence-electron chi connectivity index (χ4n) is 4.53. The van der Waals surface area contributed by atoms with Crippen molar-refractivity contribution in [3.05, 3.63) is 94.9 Å². The number of nitrogens with one attached hydrogen (secondary N) is 2. The standard InChI is InChI=1S/C25H31N3/c1-17(18(2)26-5)14-19-10-11-23-20(15-19)16-28(27-23)24-12-13-25(3,4)22-9-7-6-8-21(22)24/h6-11,14-16,23-24,26-27H,2,12-13H2,1,3-5H3/b17-14+. The highest BCUT2D eigenvalue weighted by Gasteiger charge is 2.36. The van der Waals surface area contributed by atoms with Gasteiger partial charge in [0.25, 0.3) is 0 Å². The van der Waals surface area contributed by atoms with Crippen LogP contribution in [0.1, 0.15) is 50.8 Å². The van der Waals surface area contributed by atoms with Gasteiger partial charge in [-0.1, -0.05) is 62.9 Å². The lowest BCUT2D eigenvalue weighted by Gasteiger charge is -2.40. The minimum Gasteiger partial charge on any atom is -0.388 e. The number of hydrazine groups is 1. The Labute approximate surface area is 169 Å². The summed E-state index contributed by atoms with van der Waals surface area (Å²) in [4.78, 5) is 0. The van der Waals surface area contributed by atoms with Gasteiger partial charge in [0.1, 0.15) is 0 Å². The van der Waals surface area contributed by atoms with E-state index in [1.807, 2.05) is 7.05 Å². The first-order chi connectivity index (χ1) is 13.4. The molecule has 2 N–H and O–H groups in total. The van der Waals surface area contributed by atoms with Crippen molar-refractivity contribution in [2.75, 3.05) is 7.05 Å². The van der Waals surface area contributed by atoms with Gasteiger partial charge in [0.2, 0.25) is 0 Å². The summed E-state index contributed by atoms with van der Waals surface area (Å²) in [7, 11) is 1.91. The van der Waals surface area contributed by atoms with Gasteiger partial charge in [-0.15, -0.1) is 0 Å². The molecule has 3 nitrogen and oxygen atoms in total. The van der Waals surface area contributed by atoms with Crippen LogP contribution < -0.4 is 10.7 Å². The number of allylic oxidation sites excluding steroid dienone is 4. The van der Waals surface area contributed by atoms with Gasteiger partial charge in [-0.2, -0.15) is 0 Å². The maximum atomic E-state index is 4.05. The summed E-state index contributed by atoms with van der Waals surface area (Å²) in [6.07, 6.45) is 13.6. The normalized spacial score (nSPS) is 25.6. The zero-order valence-electron chi connectivity index (χ0n) is 17.4. The molecule has 0 saturated heterocycles. The van der Waals surface area contributed by atoms with Crippen molar-refractivity contribution in [2.24, 2.45) is 0 Å². The lowest BCUT2D eigenvalue weighted by molar-refractivity contribution is 0.174. The molecule has 1 aromatic carbocycles. The molecule has 2 unspecified atom stereocenters. The minimum atomic E-state index is 0.248. The van der Waals surface area contributed by atoms with Crippen molar-refractivity contribution in [2.45, 2.75) is 51.1 Å². The zero-order valence-corrected chi connectivity index (χ0v) is 17.4. The number of nitrogens with zero attached hydrogens (tertiary/aromatic N) is 1. The van der Waals surface area contributed by atoms with Crippen LogP contribution in [0.15, 0.2) is 83.8 Å². The largest absolute Gasteiger partial charge is 0.388 e. The van der Waals surface area contributed by atoms with Crippen molar-refractivity contribution >= 4 is 0 Å². The van der Waals surface area contributed by atoms with Gasteiger partial charge in [-0.3, -0.25) is 0 Å². The van der Waals surface area contributed by atoms with E-state index in [0.717, 1.165) is 17.7 Å². The predicted octanol–water partition coefficient (Wildman–Crippen LogP) is 5.05. The molecule has 146 valence electrons. The molecule has 2 atom stereocenters. The van der Waals surface area contributed by atoms with Crippen LogP contribution in [0.2, 0.25) is 0 Å². The average Bonchev–Trinajstić information content (AvgIpc) is 3.10. The van der Waals surface area contributed by atoms with Crippen LogP contribution in [0.3, 0.4) is 0 Å². The Morgan fingerprint density at radius 2 is 2.11 bits per heavy atom. The maximum absolute atomic E-state index is 4.05. The van der Waals surface area contributed by atoms with Crippen LogP contribution in [-0.2, 0) is 5.41 Å². The first kappa shape index (κ1) is 18.8. The Kier molecular flexibility index (Phi) is 4.80. The molecule has 28 heavy (non-hydrogen) atoms. The summed E-state index contributed by atoms with van der Waals surface area (Å²) in [5.74, 6) is 0. The zero-order chi connectivity index (χ0) is 19.9. The minimum absolute atomic E-state index is 0.248. The lowest BCUT2D eigenvalue weighted by atomic mass is 9.71. The second kappa shape index (κ2) is 7.14. The Morgan fingerprint density at radius 1 is 1.32 bits per heavy atom. The number of hydrogen-bond donors (Lipinski definition) is 2. The summed E-state index contributed by atoms with van der Waals surface area (Å²) in [5.41, 5.74) is 11.5. The van der Waals surface area contributed by atoms with Gasteiger partial charge >= 0.3 is 0 Å². The van der Waals surface area contributed by atoms with Crippen molar-refractivity contribution in [3.63, 3.8) is 0 Å². The molecule has 1 heterocycles. The van der Waals surface area contributed by atoms with Crippen LogP contribution in [0.4, 0.5) is 0 Å². The SMILES string of the molecule is C=C(NC)/C(C)=C/C1=CC2=CN(C3CCC(C)(C)c4ccccc43)NC2C=C1. The number of hydrogen-bond acceptors (Lipinski definition) is 3. The molecule has 3 aliphatic rings. The first-order valence-electron chi connectivity index (χ1n) is 10.2. The molecular formula is C25H31N3. The van der Waals surface area contributed by atoms with Crippen molar-refractivity contribution in [1.29, 1.82) is 0 Å². The Hall–Kier alpha value is -2.52. The van der Waals surface area contributed by atoms with Crippen LogP contribution in [0.25, 0.3) is 0 Å². The Morgan fingerprint density at radius 3 is 2.89 bits per heavy atom. The van der Waals surface area contributed by atoms with Gasteiger partial charge in [-0.25, -0.2) is 5.43 Å². The van der Waals surface area contributed by atoms with E-state index in [0.29, 0.717) is 6.04 Å². The molecule has 1 aliphatic heterocycles. The highest BCUT2D eigenvalue weighted by atomic mass is 15.5. The fraction of sp³-hybridized carbons (Fsp3) is 0.360. The Bertz CT molecular complexity index is 913. The first-order valence-corrected chi connectivity index (χ1v) is 10.2. The summed E-state index contributed by atoms with van der Waals surface area (Å²) in [5, 5.41) is 5.45. The fourth-order valence-corrected chi connectivity index (χ4v) is 4.53. The van der Waals surface area contributed by atoms with Gasteiger partial charge < -0.3 is 10.3 Å². The molecule has 4 rings (SSSR count). The van der Waals surface area contributed by atoms with Crippen molar-refractivity contribution < 1.29 is 0 Å². The maximum Gasteiger partial charge on any atom is 0.0711 e. The number of fused-ring (bicyclic) bond motifs is 2. The molecular weight excluding hydrogens is 342 g/mol. The summed E-state index contributed by atoms with van der Waals surface area (Å²) in [6.45, 7) is 10.9. The topological polar surface area (TPSA) is 27.3 Å². The quantitative estimate of drug-likeness (QED) is 0.724. The smallest absolute Gasteiger partial charge is 0.0711 e. The number of likely N-dealkylation sites (N-methyl/N-ethyl adjacent to an activating group) is 1. The third-order valence-corrected chi connectivity index (χ3v) is 6.34. The predicted molar refractivity (Wildman–Crippen MR) is 117 cm³/mol. The lowest BCUT2D eigenvalue weighted by Crippen LogP contribution is -2.41. The molecule has 0 aromatic heterocycles. The second-order valence-corrected chi connectivity index (χ2v) is 8.73. The summed E-state index contributed by atoms with van der Waals surface area (Å²) in [6, 6.07) is 9.59. The third-order valence-electron chi connectivity index (χ3n) is 6.34. The average molecular weight is 374 g/mol. The molecule has 2 aliphatic carbocycles. The molecule has 0 radical (unpaired) electrons. The van der Waals surface area contributed by atoms with E-state index >= 15 is 0 Å². The van der Waals surface area contributed by atoms with Gasteiger partial charge in [0.15, 0.2) is 0 Å². The molecule has 0 saturated carbocycles. The van der Waals surface area contributed by atoms with E-state index in [-0.39, 0.29) is 11.5 Å². The van der Waals surface area contributed by atoms with E-state index in [2.05, 4.69) is 97.9 Å². The molecule has 0 fully saturated rings. The monoisotopic (exact) mass is 373 g/mol. The summed E-state index contributed by atoms with van der Waals surface area (Å²) < 4.78 is 0. The van der Waals surface area contributed by atoms with E-state index in [1.165, 1.54) is 28.7 Å². The van der Waals surface area contributed by atoms with E-state index in [1.54, 1.807) is 0 Å². The highest BCUT2D eigenvalue weighted by molar-refractivity contribution is 5.50. The van der Waals surface area contributed by atoms with E-state index < -0.39 is 0 Å². The van der Waals surface area contributed by atoms with Crippen LogP contribution in [-0.4, -0.2) is 18.1 Å². The number of rotatable bonds is 4. The third kappa shape index (κ3) is 3.35. The van der Waals surface area contributed by atoms with Crippen LogP contribution >= 0.6 is 0 Å². The van der Waals surface area contributed by atoms with Crippen LogP contribution in [0, 0.1) is 0 Å².